The number of carbonyl (C=O) groups excluding carboxylic acids is 1. The Hall–Kier alpha value is -3.26. The number of non-ortho nitro benzene ring substituents is 1. The molecule has 1 amide bonds. The van der Waals surface area contributed by atoms with Gasteiger partial charge >= 0.3 is 6.01 Å². The second-order valence-corrected chi connectivity index (χ2v) is 5.06. The van der Waals surface area contributed by atoms with Crippen LogP contribution in [0.15, 0.2) is 52.9 Å². The topological polar surface area (TPSA) is 111 Å². The highest BCUT2D eigenvalue weighted by Crippen LogP contribution is 2.27. The third-order valence-electron chi connectivity index (χ3n) is 3.09. The van der Waals surface area contributed by atoms with E-state index < -0.39 is 10.8 Å². The van der Waals surface area contributed by atoms with Crippen molar-refractivity contribution in [1.82, 2.24) is 10.2 Å². The second kappa shape index (κ2) is 6.47. The van der Waals surface area contributed by atoms with Gasteiger partial charge in [-0.25, -0.2) is 0 Å². The number of hydrogen-bond donors (Lipinski definition) is 1. The molecule has 24 heavy (non-hydrogen) atoms. The lowest BCUT2D eigenvalue weighted by Crippen LogP contribution is -2.12. The zero-order chi connectivity index (χ0) is 17.1. The quantitative estimate of drug-likeness (QED) is 0.572. The molecule has 0 aliphatic heterocycles. The van der Waals surface area contributed by atoms with Crippen LogP contribution in [0.3, 0.4) is 0 Å². The first-order chi connectivity index (χ1) is 11.5. The maximum atomic E-state index is 12.1. The van der Waals surface area contributed by atoms with Crippen LogP contribution in [0.4, 0.5) is 11.7 Å². The zero-order valence-electron chi connectivity index (χ0n) is 12.0. The zero-order valence-corrected chi connectivity index (χ0v) is 12.7. The molecule has 1 heterocycles. The number of hydrogen-bond acceptors (Lipinski definition) is 6. The molecule has 1 aromatic heterocycles. The van der Waals surface area contributed by atoms with Gasteiger partial charge in [0.1, 0.15) is 0 Å². The van der Waals surface area contributed by atoms with Crippen molar-refractivity contribution < 1.29 is 14.1 Å². The minimum Gasteiger partial charge on any atom is -0.403 e. The van der Waals surface area contributed by atoms with Crippen LogP contribution >= 0.6 is 11.6 Å². The molecule has 0 aliphatic rings. The number of benzene rings is 2. The van der Waals surface area contributed by atoms with E-state index in [4.69, 9.17) is 16.0 Å². The first kappa shape index (κ1) is 15.6. The predicted octanol–water partition coefficient (Wildman–Crippen LogP) is 3.55. The molecule has 0 saturated heterocycles. The molecule has 0 saturated carbocycles. The molecule has 0 aliphatic carbocycles. The van der Waals surface area contributed by atoms with Gasteiger partial charge in [-0.15, -0.1) is 5.10 Å². The fraction of sp³-hybridized carbons (Fsp3) is 0. The Bertz CT molecular complexity index is 908. The van der Waals surface area contributed by atoms with Gasteiger partial charge in [0, 0.05) is 17.7 Å². The van der Waals surface area contributed by atoms with Crippen molar-refractivity contribution in [1.29, 1.82) is 0 Å². The molecule has 120 valence electrons. The molecule has 0 unspecified atom stereocenters. The number of amides is 1. The van der Waals surface area contributed by atoms with E-state index in [0.717, 1.165) is 0 Å². The fourth-order valence-corrected chi connectivity index (χ4v) is 2.14. The Labute approximate surface area is 140 Å². The minimum absolute atomic E-state index is 0.103. The van der Waals surface area contributed by atoms with E-state index >= 15 is 0 Å². The Morgan fingerprint density at radius 1 is 1.12 bits per heavy atom. The first-order valence-corrected chi connectivity index (χ1v) is 7.06. The van der Waals surface area contributed by atoms with E-state index in [1.54, 1.807) is 24.3 Å². The monoisotopic (exact) mass is 344 g/mol. The maximum absolute atomic E-state index is 12.1. The highest BCUT2D eigenvalue weighted by molar-refractivity contribution is 6.33. The van der Waals surface area contributed by atoms with Gasteiger partial charge in [0.15, 0.2) is 0 Å². The van der Waals surface area contributed by atoms with Crippen molar-refractivity contribution in [2.75, 3.05) is 5.32 Å². The van der Waals surface area contributed by atoms with Gasteiger partial charge in [0.25, 0.3) is 17.5 Å². The number of rotatable bonds is 4. The lowest BCUT2D eigenvalue weighted by molar-refractivity contribution is -0.384. The van der Waals surface area contributed by atoms with Crippen molar-refractivity contribution in [3.63, 3.8) is 0 Å². The van der Waals surface area contributed by atoms with Crippen LogP contribution in [0.25, 0.3) is 11.5 Å². The average molecular weight is 345 g/mol. The van der Waals surface area contributed by atoms with E-state index in [1.165, 1.54) is 24.3 Å². The summed E-state index contributed by atoms with van der Waals surface area (Å²) in [7, 11) is 0. The molecular weight excluding hydrogens is 336 g/mol. The van der Waals surface area contributed by atoms with Gasteiger partial charge in [0.2, 0.25) is 0 Å². The number of nitrogens with one attached hydrogen (secondary N) is 1. The molecule has 0 bridgehead atoms. The Kier molecular flexibility index (Phi) is 4.21. The van der Waals surface area contributed by atoms with Crippen LogP contribution in [0.5, 0.6) is 0 Å². The van der Waals surface area contributed by atoms with Gasteiger partial charge < -0.3 is 4.42 Å². The van der Waals surface area contributed by atoms with Crippen LogP contribution in [-0.2, 0) is 0 Å². The van der Waals surface area contributed by atoms with Crippen molar-refractivity contribution >= 4 is 29.2 Å². The fourth-order valence-electron chi connectivity index (χ4n) is 1.92. The van der Waals surface area contributed by atoms with Gasteiger partial charge in [-0.1, -0.05) is 28.8 Å². The molecule has 2 aromatic carbocycles. The average Bonchev–Trinajstić information content (AvgIpc) is 3.03. The standard InChI is InChI=1S/C15H9ClN4O4/c16-12-4-2-1-3-11(12)14-18-19-15(24-14)17-13(21)9-5-7-10(8-6-9)20(22)23/h1-8H,(H,17,19,21). The lowest BCUT2D eigenvalue weighted by Gasteiger charge is -2.00. The highest BCUT2D eigenvalue weighted by Gasteiger charge is 2.15. The van der Waals surface area contributed by atoms with Crippen LogP contribution in [0, 0.1) is 10.1 Å². The van der Waals surface area contributed by atoms with Crippen molar-refractivity contribution in [3.8, 4) is 11.5 Å². The summed E-state index contributed by atoms with van der Waals surface area (Å²) in [5, 5.41) is 21.0. The van der Waals surface area contributed by atoms with Crippen molar-refractivity contribution in [3.05, 3.63) is 69.2 Å². The number of carbonyl (C=O) groups is 1. The van der Waals surface area contributed by atoms with Gasteiger partial charge in [-0.05, 0) is 24.3 Å². The third kappa shape index (κ3) is 3.23. The van der Waals surface area contributed by atoms with E-state index in [-0.39, 0.29) is 23.2 Å². The van der Waals surface area contributed by atoms with Crippen LogP contribution < -0.4 is 5.32 Å². The Morgan fingerprint density at radius 2 is 1.83 bits per heavy atom. The molecule has 0 atom stereocenters. The summed E-state index contributed by atoms with van der Waals surface area (Å²) >= 11 is 6.04. The van der Waals surface area contributed by atoms with Crippen molar-refractivity contribution in [2.24, 2.45) is 0 Å². The number of anilines is 1. The number of halogens is 1. The molecule has 0 fully saturated rings. The summed E-state index contributed by atoms with van der Waals surface area (Å²) in [6.07, 6.45) is 0. The van der Waals surface area contributed by atoms with E-state index in [9.17, 15) is 14.9 Å². The van der Waals surface area contributed by atoms with Crippen LogP contribution in [0.2, 0.25) is 5.02 Å². The highest BCUT2D eigenvalue weighted by atomic mass is 35.5. The Morgan fingerprint density at radius 3 is 2.50 bits per heavy atom. The number of nitro groups is 1. The van der Waals surface area contributed by atoms with Crippen LogP contribution in [-0.4, -0.2) is 21.0 Å². The maximum Gasteiger partial charge on any atom is 0.322 e. The smallest absolute Gasteiger partial charge is 0.322 e. The third-order valence-corrected chi connectivity index (χ3v) is 3.42. The number of aromatic nitrogens is 2. The van der Waals surface area contributed by atoms with Gasteiger partial charge in [0.05, 0.1) is 15.5 Å². The van der Waals surface area contributed by atoms with E-state index in [0.29, 0.717) is 10.6 Å². The summed E-state index contributed by atoms with van der Waals surface area (Å²) < 4.78 is 5.36. The normalized spacial score (nSPS) is 10.4. The molecule has 9 heteroatoms. The molecule has 1 N–H and O–H groups in total. The van der Waals surface area contributed by atoms with Crippen molar-refractivity contribution in [2.45, 2.75) is 0 Å². The summed E-state index contributed by atoms with van der Waals surface area (Å²) in [5.41, 5.74) is 0.658. The Balaban J connectivity index is 1.76. The van der Waals surface area contributed by atoms with E-state index in [1.807, 2.05) is 0 Å². The predicted molar refractivity (Wildman–Crippen MR) is 85.8 cm³/mol. The SMILES string of the molecule is O=C(Nc1nnc(-c2ccccc2Cl)o1)c1ccc([N+](=O)[O-])cc1. The molecule has 0 radical (unpaired) electrons. The summed E-state index contributed by atoms with van der Waals surface area (Å²) in [6.45, 7) is 0. The summed E-state index contributed by atoms with van der Waals surface area (Å²) in [6, 6.07) is 11.9. The minimum atomic E-state index is -0.546. The largest absolute Gasteiger partial charge is 0.403 e. The van der Waals surface area contributed by atoms with E-state index in [2.05, 4.69) is 15.5 Å². The number of nitrogens with zero attached hydrogens (tertiary/aromatic N) is 3. The lowest BCUT2D eigenvalue weighted by atomic mass is 10.2. The van der Waals surface area contributed by atoms with Gasteiger partial charge in [-0.2, -0.15) is 0 Å². The van der Waals surface area contributed by atoms with Crippen LogP contribution in [0.1, 0.15) is 10.4 Å². The van der Waals surface area contributed by atoms with Gasteiger partial charge in [-0.3, -0.25) is 20.2 Å². The molecule has 8 nitrogen and oxygen atoms in total. The molecular formula is C15H9ClN4O4. The summed E-state index contributed by atoms with van der Waals surface area (Å²) in [4.78, 5) is 22.1. The molecule has 3 rings (SSSR count). The second-order valence-electron chi connectivity index (χ2n) is 4.65. The molecule has 3 aromatic rings. The first-order valence-electron chi connectivity index (χ1n) is 6.69. The molecule has 0 spiro atoms. The summed E-state index contributed by atoms with van der Waals surface area (Å²) in [5.74, 6) is -0.362. The number of nitro benzene ring substituents is 1.